The van der Waals surface area contributed by atoms with Crippen molar-refractivity contribution in [2.24, 2.45) is 0 Å². The average molecular weight is 428 g/mol. The molecule has 0 aliphatic heterocycles. The van der Waals surface area contributed by atoms with E-state index in [1.807, 2.05) is 54.6 Å². The Balaban J connectivity index is 1.87. The van der Waals surface area contributed by atoms with Crippen LogP contribution >= 0.6 is 46.4 Å². The molecular weight excluding hydrogens is 414 g/mol. The van der Waals surface area contributed by atoms with E-state index in [0.717, 1.165) is 11.1 Å². The van der Waals surface area contributed by atoms with Crippen LogP contribution in [0.3, 0.4) is 0 Å². The Labute approximate surface area is 171 Å². The van der Waals surface area contributed by atoms with Gasteiger partial charge in [-0.05, 0) is 23.3 Å². The first-order valence-electron chi connectivity index (χ1n) is 7.75. The zero-order valence-electron chi connectivity index (χ0n) is 13.5. The van der Waals surface area contributed by atoms with Gasteiger partial charge in [-0.2, -0.15) is 0 Å². The Morgan fingerprint density at radius 2 is 1.31 bits per heavy atom. The van der Waals surface area contributed by atoms with Crippen molar-refractivity contribution in [3.63, 3.8) is 0 Å². The van der Waals surface area contributed by atoms with E-state index in [-0.39, 0.29) is 26.7 Å². The molecule has 0 saturated carbocycles. The average Bonchev–Trinajstić information content (AvgIpc) is 2.67. The molecule has 0 saturated heterocycles. The Morgan fingerprint density at radius 3 is 1.85 bits per heavy atom. The molecule has 26 heavy (non-hydrogen) atoms. The highest BCUT2D eigenvalue weighted by Gasteiger charge is 2.20. The lowest BCUT2D eigenvalue weighted by Gasteiger charge is -2.15. The SMILES string of the molecule is OCc1c(Cl)c(Cl)c(-c2ccc(OCc3ccccc3)cc2)c(Cl)c1Cl. The smallest absolute Gasteiger partial charge is 0.119 e. The van der Waals surface area contributed by atoms with Gasteiger partial charge in [-0.3, -0.25) is 0 Å². The molecule has 0 spiro atoms. The van der Waals surface area contributed by atoms with Gasteiger partial charge in [0.15, 0.2) is 0 Å². The maximum absolute atomic E-state index is 9.40. The third-order valence-corrected chi connectivity index (χ3v) is 5.69. The third kappa shape index (κ3) is 3.95. The van der Waals surface area contributed by atoms with E-state index in [1.165, 1.54) is 0 Å². The molecule has 3 aromatic carbocycles. The number of halogens is 4. The van der Waals surface area contributed by atoms with Gasteiger partial charge in [-0.25, -0.2) is 0 Å². The van der Waals surface area contributed by atoms with Gasteiger partial charge < -0.3 is 9.84 Å². The van der Waals surface area contributed by atoms with Crippen LogP contribution in [-0.4, -0.2) is 5.11 Å². The van der Waals surface area contributed by atoms with E-state index >= 15 is 0 Å². The molecule has 0 bridgehead atoms. The zero-order valence-corrected chi connectivity index (χ0v) is 16.5. The topological polar surface area (TPSA) is 29.5 Å². The van der Waals surface area contributed by atoms with Gasteiger partial charge in [0.25, 0.3) is 0 Å². The van der Waals surface area contributed by atoms with E-state index in [9.17, 15) is 5.11 Å². The molecular formula is C20H14Cl4O2. The normalized spacial score (nSPS) is 10.8. The van der Waals surface area contributed by atoms with Gasteiger partial charge in [-0.15, -0.1) is 0 Å². The van der Waals surface area contributed by atoms with Gasteiger partial charge >= 0.3 is 0 Å². The van der Waals surface area contributed by atoms with Crippen molar-refractivity contribution in [1.29, 1.82) is 0 Å². The van der Waals surface area contributed by atoms with Gasteiger partial charge in [0.1, 0.15) is 12.4 Å². The molecule has 3 aromatic rings. The van der Waals surface area contributed by atoms with Crippen LogP contribution in [0.5, 0.6) is 5.75 Å². The second kappa shape index (κ2) is 8.51. The molecule has 1 N–H and O–H groups in total. The molecule has 0 amide bonds. The minimum absolute atomic E-state index is 0.197. The zero-order chi connectivity index (χ0) is 18.7. The Bertz CT molecular complexity index is 880. The molecule has 2 nitrogen and oxygen atoms in total. The van der Waals surface area contributed by atoms with Crippen molar-refractivity contribution < 1.29 is 9.84 Å². The summed E-state index contributed by atoms with van der Waals surface area (Å²) in [5.74, 6) is 0.717. The fourth-order valence-electron chi connectivity index (χ4n) is 2.53. The maximum atomic E-state index is 9.40. The largest absolute Gasteiger partial charge is 0.489 e. The molecule has 0 heterocycles. The van der Waals surface area contributed by atoms with Crippen LogP contribution in [0.1, 0.15) is 11.1 Å². The minimum Gasteiger partial charge on any atom is -0.489 e. The fraction of sp³-hybridized carbons (Fsp3) is 0.100. The summed E-state index contributed by atoms with van der Waals surface area (Å²) in [4.78, 5) is 0. The highest BCUT2D eigenvalue weighted by molar-refractivity contribution is 6.50. The van der Waals surface area contributed by atoms with Crippen LogP contribution in [0.15, 0.2) is 54.6 Å². The van der Waals surface area contributed by atoms with Crippen molar-refractivity contribution in [3.8, 4) is 16.9 Å². The molecule has 0 fully saturated rings. The van der Waals surface area contributed by atoms with Crippen LogP contribution < -0.4 is 4.74 Å². The summed E-state index contributed by atoms with van der Waals surface area (Å²) < 4.78 is 5.78. The summed E-state index contributed by atoms with van der Waals surface area (Å²) in [6.45, 7) is 0.133. The first-order chi connectivity index (χ1) is 12.5. The van der Waals surface area contributed by atoms with Crippen molar-refractivity contribution in [3.05, 3.63) is 85.8 Å². The second-order valence-corrected chi connectivity index (χ2v) is 7.08. The molecule has 0 radical (unpaired) electrons. The summed E-state index contributed by atoms with van der Waals surface area (Å²) >= 11 is 25.1. The Hall–Kier alpha value is -1.42. The van der Waals surface area contributed by atoms with Crippen molar-refractivity contribution in [1.82, 2.24) is 0 Å². The van der Waals surface area contributed by atoms with Gasteiger partial charge in [0, 0.05) is 11.1 Å². The lowest BCUT2D eigenvalue weighted by molar-refractivity contribution is 0.282. The van der Waals surface area contributed by atoms with Crippen molar-refractivity contribution in [2.75, 3.05) is 0 Å². The van der Waals surface area contributed by atoms with Crippen molar-refractivity contribution >= 4 is 46.4 Å². The molecule has 0 aliphatic rings. The van der Waals surface area contributed by atoms with E-state index in [2.05, 4.69) is 0 Å². The first kappa shape index (κ1) is 19.3. The Kier molecular flexibility index (Phi) is 6.33. The van der Waals surface area contributed by atoms with E-state index in [1.54, 1.807) is 0 Å². The standard InChI is InChI=1S/C20H14Cl4O2/c21-17-15(10-25)18(22)20(24)16(19(17)23)13-6-8-14(9-7-13)26-11-12-4-2-1-3-5-12/h1-9,25H,10-11H2. The van der Waals surface area contributed by atoms with E-state index in [0.29, 0.717) is 23.5 Å². The highest BCUT2D eigenvalue weighted by atomic mass is 35.5. The molecule has 0 atom stereocenters. The first-order valence-corrected chi connectivity index (χ1v) is 9.27. The summed E-state index contributed by atoms with van der Waals surface area (Å²) in [5, 5.41) is 10.3. The quantitative estimate of drug-likeness (QED) is 0.442. The van der Waals surface area contributed by atoms with Crippen molar-refractivity contribution in [2.45, 2.75) is 13.2 Å². The van der Waals surface area contributed by atoms with Gasteiger partial charge in [0.05, 0.1) is 26.7 Å². The molecule has 0 aliphatic carbocycles. The summed E-state index contributed by atoms with van der Waals surface area (Å²) in [5.41, 5.74) is 2.67. The molecule has 0 aromatic heterocycles. The number of aliphatic hydroxyl groups is 1. The highest BCUT2D eigenvalue weighted by Crippen LogP contribution is 2.46. The summed E-state index contributed by atoms with van der Waals surface area (Å²) in [6, 6.07) is 17.2. The number of aliphatic hydroxyl groups excluding tert-OH is 1. The molecule has 6 heteroatoms. The van der Waals surface area contributed by atoms with Gasteiger partial charge in [-0.1, -0.05) is 88.9 Å². The van der Waals surface area contributed by atoms with Crippen LogP contribution in [0.25, 0.3) is 11.1 Å². The predicted molar refractivity (Wildman–Crippen MR) is 109 cm³/mol. The van der Waals surface area contributed by atoms with Crippen LogP contribution in [-0.2, 0) is 13.2 Å². The third-order valence-electron chi connectivity index (χ3n) is 3.90. The number of benzene rings is 3. The second-order valence-electron chi connectivity index (χ2n) is 5.57. The monoisotopic (exact) mass is 426 g/mol. The fourth-order valence-corrected chi connectivity index (χ4v) is 3.76. The lowest BCUT2D eigenvalue weighted by Crippen LogP contribution is -1.95. The molecule has 0 unspecified atom stereocenters. The van der Waals surface area contributed by atoms with Crippen LogP contribution in [0.2, 0.25) is 20.1 Å². The van der Waals surface area contributed by atoms with E-state index in [4.69, 9.17) is 51.1 Å². The number of hydrogen-bond donors (Lipinski definition) is 1. The molecule has 134 valence electrons. The molecule has 3 rings (SSSR count). The maximum Gasteiger partial charge on any atom is 0.119 e. The van der Waals surface area contributed by atoms with Gasteiger partial charge in [0.2, 0.25) is 0 Å². The Morgan fingerprint density at radius 1 is 0.731 bits per heavy atom. The van der Waals surface area contributed by atoms with Crippen LogP contribution in [0.4, 0.5) is 0 Å². The predicted octanol–water partition coefficient (Wildman–Crippen LogP) is 7.04. The van der Waals surface area contributed by atoms with Crippen LogP contribution in [0, 0.1) is 0 Å². The van der Waals surface area contributed by atoms with E-state index < -0.39 is 0 Å². The number of rotatable bonds is 5. The number of ether oxygens (including phenoxy) is 1. The summed E-state index contributed by atoms with van der Waals surface area (Å²) in [6.07, 6.45) is 0. The summed E-state index contributed by atoms with van der Waals surface area (Å²) in [7, 11) is 0. The minimum atomic E-state index is -0.344. The number of hydrogen-bond acceptors (Lipinski definition) is 2. The lowest BCUT2D eigenvalue weighted by atomic mass is 10.0.